The van der Waals surface area contributed by atoms with E-state index >= 15 is 0 Å². The second kappa shape index (κ2) is 6.54. The number of aryl methyl sites for hydroxylation is 2. The van der Waals surface area contributed by atoms with Gasteiger partial charge in [-0.25, -0.2) is 4.98 Å². The number of imidazole rings is 1. The first-order valence-corrected chi connectivity index (χ1v) is 6.67. The molecule has 20 heavy (non-hydrogen) atoms. The summed E-state index contributed by atoms with van der Waals surface area (Å²) in [6.45, 7) is 2.69. The van der Waals surface area contributed by atoms with E-state index in [1.165, 1.54) is 0 Å². The van der Waals surface area contributed by atoms with E-state index in [0.29, 0.717) is 11.6 Å². The van der Waals surface area contributed by atoms with Gasteiger partial charge in [-0.2, -0.15) is 0 Å². The van der Waals surface area contributed by atoms with Gasteiger partial charge in [-0.3, -0.25) is 4.79 Å². The number of anilines is 1. The van der Waals surface area contributed by atoms with Crippen LogP contribution in [-0.4, -0.2) is 22.0 Å². The van der Waals surface area contributed by atoms with Crippen LogP contribution in [0.3, 0.4) is 0 Å². The molecule has 0 spiro atoms. The summed E-state index contributed by atoms with van der Waals surface area (Å²) in [4.78, 5) is 16.0. The third kappa shape index (κ3) is 3.82. The quantitative estimate of drug-likeness (QED) is 0.887. The molecule has 0 fully saturated rings. The van der Waals surface area contributed by atoms with Gasteiger partial charge in [0.1, 0.15) is 5.82 Å². The maximum absolute atomic E-state index is 11.8. The molecule has 0 saturated heterocycles. The van der Waals surface area contributed by atoms with Gasteiger partial charge in [-0.05, 0) is 24.6 Å². The van der Waals surface area contributed by atoms with E-state index in [0.717, 1.165) is 17.1 Å². The molecular weight excluding hydrogens is 276 g/mol. The number of nitrogens with one attached hydrogen (secondary N) is 2. The summed E-state index contributed by atoms with van der Waals surface area (Å²) >= 11 is 5.91. The van der Waals surface area contributed by atoms with Crippen molar-refractivity contribution in [3.8, 4) is 0 Å². The lowest BCUT2D eigenvalue weighted by molar-refractivity contribution is -0.115. The number of carbonyl (C=O) groups excluding carboxylic acids is 1. The molecule has 6 heteroatoms. The molecule has 2 rings (SSSR count). The molecule has 2 N–H and O–H groups in total. The van der Waals surface area contributed by atoms with Gasteiger partial charge >= 0.3 is 0 Å². The second-order valence-corrected chi connectivity index (χ2v) is 5.00. The Bertz CT molecular complexity index is 609. The summed E-state index contributed by atoms with van der Waals surface area (Å²) in [5.74, 6) is 0.779. The molecule has 0 atom stereocenters. The predicted octanol–water partition coefficient (Wildman–Crippen LogP) is 2.11. The van der Waals surface area contributed by atoms with Crippen molar-refractivity contribution in [3.63, 3.8) is 0 Å². The third-order valence-corrected chi connectivity index (χ3v) is 3.20. The minimum atomic E-state index is -0.107. The SMILES string of the molecule is Cc1ccc(Cl)cc1NC(=O)CNCc1nccn1C. The number of hydrogen-bond donors (Lipinski definition) is 2. The maximum atomic E-state index is 11.8. The van der Waals surface area contributed by atoms with E-state index < -0.39 is 0 Å². The number of aromatic nitrogens is 2. The Balaban J connectivity index is 1.84. The van der Waals surface area contributed by atoms with Crippen molar-refractivity contribution in [1.82, 2.24) is 14.9 Å². The Labute approximate surface area is 123 Å². The normalized spacial score (nSPS) is 10.6. The summed E-state index contributed by atoms with van der Waals surface area (Å²) in [5.41, 5.74) is 1.72. The molecule has 1 heterocycles. The lowest BCUT2D eigenvalue weighted by Gasteiger charge is -2.09. The third-order valence-electron chi connectivity index (χ3n) is 2.96. The Morgan fingerprint density at radius 3 is 2.95 bits per heavy atom. The molecule has 0 saturated carbocycles. The van der Waals surface area contributed by atoms with Crippen LogP contribution in [0.15, 0.2) is 30.6 Å². The summed E-state index contributed by atoms with van der Waals surface area (Å²) < 4.78 is 1.91. The largest absolute Gasteiger partial charge is 0.337 e. The van der Waals surface area contributed by atoms with Crippen LogP contribution in [0, 0.1) is 6.92 Å². The topological polar surface area (TPSA) is 59.0 Å². The summed E-state index contributed by atoms with van der Waals surface area (Å²) in [6, 6.07) is 5.42. The van der Waals surface area contributed by atoms with E-state index in [4.69, 9.17) is 11.6 Å². The number of hydrogen-bond acceptors (Lipinski definition) is 3. The highest BCUT2D eigenvalue weighted by molar-refractivity contribution is 6.31. The Morgan fingerprint density at radius 2 is 2.25 bits per heavy atom. The monoisotopic (exact) mass is 292 g/mol. The van der Waals surface area contributed by atoms with Crippen LogP contribution in [-0.2, 0) is 18.4 Å². The molecule has 1 amide bonds. The van der Waals surface area contributed by atoms with E-state index in [2.05, 4.69) is 15.6 Å². The second-order valence-electron chi connectivity index (χ2n) is 4.57. The van der Waals surface area contributed by atoms with Crippen LogP contribution in [0.5, 0.6) is 0 Å². The van der Waals surface area contributed by atoms with Crippen LogP contribution in [0.25, 0.3) is 0 Å². The van der Waals surface area contributed by atoms with Crippen LogP contribution in [0.4, 0.5) is 5.69 Å². The number of rotatable bonds is 5. The average Bonchev–Trinajstić information content (AvgIpc) is 2.80. The van der Waals surface area contributed by atoms with Crippen molar-refractivity contribution in [3.05, 3.63) is 47.0 Å². The van der Waals surface area contributed by atoms with Gasteiger partial charge in [0, 0.05) is 30.2 Å². The molecule has 0 bridgehead atoms. The minimum Gasteiger partial charge on any atom is -0.337 e. The first-order valence-electron chi connectivity index (χ1n) is 6.29. The molecule has 0 unspecified atom stereocenters. The standard InChI is InChI=1S/C14H17ClN4O/c1-10-3-4-11(15)7-12(10)18-14(20)9-16-8-13-17-5-6-19(13)2/h3-7,16H,8-9H2,1-2H3,(H,18,20). The Morgan fingerprint density at radius 1 is 1.45 bits per heavy atom. The zero-order valence-corrected chi connectivity index (χ0v) is 12.2. The van der Waals surface area contributed by atoms with Gasteiger partial charge in [-0.15, -0.1) is 0 Å². The molecule has 1 aromatic carbocycles. The molecule has 0 radical (unpaired) electrons. The van der Waals surface area contributed by atoms with E-state index in [9.17, 15) is 4.79 Å². The van der Waals surface area contributed by atoms with Crippen LogP contribution < -0.4 is 10.6 Å². The molecular formula is C14H17ClN4O. The lowest BCUT2D eigenvalue weighted by Crippen LogP contribution is -2.28. The van der Waals surface area contributed by atoms with E-state index in [1.807, 2.05) is 30.8 Å². The van der Waals surface area contributed by atoms with Crippen molar-refractivity contribution >= 4 is 23.2 Å². The van der Waals surface area contributed by atoms with Crippen LogP contribution in [0.2, 0.25) is 5.02 Å². The van der Waals surface area contributed by atoms with Gasteiger partial charge in [-0.1, -0.05) is 17.7 Å². The number of carbonyl (C=O) groups is 1. The fourth-order valence-electron chi connectivity index (χ4n) is 1.78. The maximum Gasteiger partial charge on any atom is 0.238 e. The fraction of sp³-hybridized carbons (Fsp3) is 0.286. The van der Waals surface area contributed by atoms with Crippen molar-refractivity contribution in [2.24, 2.45) is 7.05 Å². The van der Waals surface area contributed by atoms with Crippen molar-refractivity contribution in [1.29, 1.82) is 0 Å². The van der Waals surface area contributed by atoms with Crippen molar-refractivity contribution < 1.29 is 4.79 Å². The number of nitrogens with zero attached hydrogens (tertiary/aromatic N) is 2. The molecule has 0 aliphatic rings. The van der Waals surface area contributed by atoms with Gasteiger partial charge < -0.3 is 15.2 Å². The smallest absolute Gasteiger partial charge is 0.238 e. The molecule has 2 aromatic rings. The number of benzene rings is 1. The summed E-state index contributed by atoms with van der Waals surface area (Å²) in [7, 11) is 1.92. The zero-order chi connectivity index (χ0) is 14.5. The highest BCUT2D eigenvalue weighted by Crippen LogP contribution is 2.19. The van der Waals surface area contributed by atoms with Gasteiger partial charge in [0.25, 0.3) is 0 Å². The highest BCUT2D eigenvalue weighted by Gasteiger charge is 2.06. The van der Waals surface area contributed by atoms with Crippen LogP contribution >= 0.6 is 11.6 Å². The predicted molar refractivity (Wildman–Crippen MR) is 79.7 cm³/mol. The minimum absolute atomic E-state index is 0.107. The first kappa shape index (κ1) is 14.6. The molecule has 5 nitrogen and oxygen atoms in total. The first-order chi connectivity index (χ1) is 9.56. The highest BCUT2D eigenvalue weighted by atomic mass is 35.5. The molecule has 1 aromatic heterocycles. The van der Waals surface area contributed by atoms with Gasteiger partial charge in [0.2, 0.25) is 5.91 Å². The van der Waals surface area contributed by atoms with Crippen molar-refractivity contribution in [2.45, 2.75) is 13.5 Å². The molecule has 106 valence electrons. The average molecular weight is 293 g/mol. The Kier molecular flexibility index (Phi) is 4.76. The van der Waals surface area contributed by atoms with Gasteiger partial charge in [0.15, 0.2) is 0 Å². The number of halogens is 1. The molecule has 0 aliphatic carbocycles. The molecule has 0 aliphatic heterocycles. The van der Waals surface area contributed by atoms with Gasteiger partial charge in [0.05, 0.1) is 13.1 Å². The zero-order valence-electron chi connectivity index (χ0n) is 11.5. The summed E-state index contributed by atoms with van der Waals surface area (Å²) in [5, 5.41) is 6.49. The fourth-order valence-corrected chi connectivity index (χ4v) is 1.95. The van der Waals surface area contributed by atoms with E-state index in [1.54, 1.807) is 18.3 Å². The summed E-state index contributed by atoms with van der Waals surface area (Å²) in [6.07, 6.45) is 3.60. The number of amides is 1. The van der Waals surface area contributed by atoms with Crippen molar-refractivity contribution in [2.75, 3.05) is 11.9 Å². The van der Waals surface area contributed by atoms with E-state index in [-0.39, 0.29) is 12.5 Å². The van der Waals surface area contributed by atoms with Crippen LogP contribution in [0.1, 0.15) is 11.4 Å². The Hall–Kier alpha value is -1.85. The lowest BCUT2D eigenvalue weighted by atomic mass is 10.2.